The molecular formula is C21H30ClF2N3O4S. The molecule has 2 unspecified atom stereocenters. The monoisotopic (exact) mass is 493 g/mol. The average Bonchev–Trinajstić information content (AvgIpc) is 3.33. The van der Waals surface area contributed by atoms with Crippen LogP contribution in [0.3, 0.4) is 0 Å². The number of aliphatic hydroxyl groups is 3. The number of aromatic nitrogens is 2. The highest BCUT2D eigenvalue weighted by molar-refractivity contribution is 7.16. The molecule has 2 aromatic heterocycles. The van der Waals surface area contributed by atoms with Gasteiger partial charge in [-0.3, -0.25) is 9.58 Å². The van der Waals surface area contributed by atoms with Crippen LogP contribution in [0.25, 0.3) is 0 Å². The maximum atomic E-state index is 10.2. The lowest BCUT2D eigenvalue weighted by molar-refractivity contribution is -0.129. The number of thiophene rings is 1. The standard InChI is InChI=1S/C20H28ClN3O4S.CH2F2/c1-19(2,27)16(26)11-24-10-13(8-22-24)9-23-5-3-20(4-6-23)18-14(7-17(21)29-18)15(25)12-28-20;2-1-3/h7-8,10,15-16,25-27H,3-6,9,11-12H2,1-2H3;1H2. The second-order valence-electron chi connectivity index (χ2n) is 8.77. The molecule has 4 rings (SSSR count). The van der Waals surface area contributed by atoms with E-state index in [-0.39, 0.29) is 12.1 Å². The van der Waals surface area contributed by atoms with Gasteiger partial charge in [0.05, 0.1) is 29.3 Å². The molecule has 1 saturated heterocycles. The molecule has 0 aliphatic carbocycles. The van der Waals surface area contributed by atoms with E-state index >= 15 is 0 Å². The van der Waals surface area contributed by atoms with Crippen molar-refractivity contribution < 1.29 is 28.8 Å². The van der Waals surface area contributed by atoms with Crippen molar-refractivity contribution in [3.8, 4) is 0 Å². The molecule has 0 amide bonds. The first-order chi connectivity index (χ1) is 15.1. The third kappa shape index (κ3) is 5.85. The van der Waals surface area contributed by atoms with Gasteiger partial charge in [-0.25, -0.2) is 8.78 Å². The van der Waals surface area contributed by atoms with Crippen molar-refractivity contribution in [1.82, 2.24) is 14.7 Å². The van der Waals surface area contributed by atoms with Gasteiger partial charge in [0, 0.05) is 41.8 Å². The third-order valence-corrected chi connectivity index (χ3v) is 7.42. The highest BCUT2D eigenvalue weighted by Gasteiger charge is 2.44. The highest BCUT2D eigenvalue weighted by atomic mass is 35.5. The summed E-state index contributed by atoms with van der Waals surface area (Å²) < 4.78 is 27.8. The molecule has 32 heavy (non-hydrogen) atoms. The Morgan fingerprint density at radius 2 is 2.03 bits per heavy atom. The van der Waals surface area contributed by atoms with Crippen LogP contribution < -0.4 is 0 Å². The third-order valence-electron chi connectivity index (χ3n) is 5.95. The Morgan fingerprint density at radius 1 is 1.38 bits per heavy atom. The van der Waals surface area contributed by atoms with Crippen LogP contribution in [0.15, 0.2) is 18.5 Å². The van der Waals surface area contributed by atoms with Gasteiger partial charge in [0.1, 0.15) is 17.8 Å². The summed E-state index contributed by atoms with van der Waals surface area (Å²) in [6.07, 6.45) is 3.97. The molecule has 180 valence electrons. The number of likely N-dealkylation sites (tertiary alicyclic amines) is 1. The van der Waals surface area contributed by atoms with Gasteiger partial charge in [0.25, 0.3) is 0 Å². The maximum Gasteiger partial charge on any atom is 0.229 e. The van der Waals surface area contributed by atoms with Gasteiger partial charge in [0.2, 0.25) is 6.93 Å². The molecule has 0 saturated carbocycles. The second kappa shape index (κ2) is 10.4. The van der Waals surface area contributed by atoms with Crippen LogP contribution in [0.1, 0.15) is 48.8 Å². The number of hydrogen-bond donors (Lipinski definition) is 3. The lowest BCUT2D eigenvalue weighted by Crippen LogP contribution is -2.46. The molecular weight excluding hydrogens is 464 g/mol. The SMILES string of the molecule is CC(C)(O)C(O)Cn1cc(CN2CCC3(CC2)OCC(O)c2cc(Cl)sc23)cn1.FCF. The molecule has 7 nitrogen and oxygen atoms in total. The second-order valence-corrected chi connectivity index (χ2v) is 10.5. The van der Waals surface area contributed by atoms with E-state index in [1.165, 1.54) is 11.3 Å². The fourth-order valence-electron chi connectivity index (χ4n) is 4.06. The van der Waals surface area contributed by atoms with E-state index in [4.69, 9.17) is 16.3 Å². The van der Waals surface area contributed by atoms with Crippen LogP contribution in [-0.2, 0) is 23.4 Å². The van der Waals surface area contributed by atoms with Crippen LogP contribution in [-0.4, -0.2) is 68.3 Å². The zero-order chi connectivity index (χ0) is 23.5. The zero-order valence-corrected chi connectivity index (χ0v) is 19.7. The van der Waals surface area contributed by atoms with Gasteiger partial charge in [-0.15, -0.1) is 11.3 Å². The number of aliphatic hydroxyl groups excluding tert-OH is 2. The van der Waals surface area contributed by atoms with Gasteiger partial charge in [-0.2, -0.15) is 5.10 Å². The fourth-order valence-corrected chi connectivity index (χ4v) is 5.55. The van der Waals surface area contributed by atoms with Crippen LogP contribution in [0.4, 0.5) is 8.78 Å². The number of nitrogens with zero attached hydrogens (tertiary/aromatic N) is 3. The number of halogens is 3. The topological polar surface area (TPSA) is 91.0 Å². The first-order valence-electron chi connectivity index (χ1n) is 10.5. The average molecular weight is 494 g/mol. The van der Waals surface area contributed by atoms with E-state index in [2.05, 4.69) is 10.00 Å². The molecule has 1 fully saturated rings. The number of fused-ring (bicyclic) bond motifs is 2. The Morgan fingerprint density at radius 3 is 2.66 bits per heavy atom. The van der Waals surface area contributed by atoms with E-state index in [0.717, 1.165) is 48.5 Å². The largest absolute Gasteiger partial charge is 0.388 e. The van der Waals surface area contributed by atoms with Gasteiger partial charge >= 0.3 is 0 Å². The summed E-state index contributed by atoms with van der Waals surface area (Å²) in [4.78, 5) is 3.44. The van der Waals surface area contributed by atoms with Crippen molar-refractivity contribution in [2.75, 3.05) is 26.6 Å². The van der Waals surface area contributed by atoms with Crippen LogP contribution >= 0.6 is 22.9 Å². The zero-order valence-electron chi connectivity index (χ0n) is 18.2. The minimum Gasteiger partial charge on any atom is -0.388 e. The van der Waals surface area contributed by atoms with Gasteiger partial charge in [-0.05, 0) is 32.8 Å². The Bertz CT molecular complexity index is 881. The van der Waals surface area contributed by atoms with Crippen molar-refractivity contribution in [1.29, 1.82) is 0 Å². The smallest absolute Gasteiger partial charge is 0.229 e. The molecule has 3 N–H and O–H groups in total. The molecule has 2 atom stereocenters. The molecule has 11 heteroatoms. The number of ether oxygens (including phenoxy) is 1. The Balaban J connectivity index is 0.000000913. The lowest BCUT2D eigenvalue weighted by Gasteiger charge is -2.44. The number of piperidine rings is 1. The summed E-state index contributed by atoms with van der Waals surface area (Å²) in [6, 6.07) is 1.87. The van der Waals surface area contributed by atoms with Crippen molar-refractivity contribution in [3.63, 3.8) is 0 Å². The Hall–Kier alpha value is -1.14. The van der Waals surface area contributed by atoms with E-state index in [1.54, 1.807) is 18.5 Å². The summed E-state index contributed by atoms with van der Waals surface area (Å²) >= 11 is 7.74. The minimum atomic E-state index is -1.75. The number of hydrogen-bond acceptors (Lipinski definition) is 7. The highest BCUT2D eigenvalue weighted by Crippen LogP contribution is 2.49. The number of alkyl halides is 2. The molecule has 4 heterocycles. The lowest BCUT2D eigenvalue weighted by atomic mass is 9.84. The predicted octanol–water partition coefficient (Wildman–Crippen LogP) is 3.17. The number of rotatable bonds is 5. The van der Waals surface area contributed by atoms with Gasteiger partial charge < -0.3 is 20.1 Å². The molecule has 0 radical (unpaired) electrons. The van der Waals surface area contributed by atoms with Crippen LogP contribution in [0.2, 0.25) is 4.34 Å². The van der Waals surface area contributed by atoms with Crippen molar-refractivity contribution >= 4 is 22.9 Å². The molecule has 1 spiro atoms. The van der Waals surface area contributed by atoms with E-state index < -0.39 is 24.7 Å². The Labute approximate surface area is 195 Å². The maximum absolute atomic E-state index is 10.2. The molecule has 2 aliphatic heterocycles. The van der Waals surface area contributed by atoms with Gasteiger partial charge in [0.15, 0.2) is 0 Å². The quantitative estimate of drug-likeness (QED) is 0.592. The van der Waals surface area contributed by atoms with E-state index in [0.29, 0.717) is 10.9 Å². The molecule has 2 aromatic rings. The van der Waals surface area contributed by atoms with Crippen LogP contribution in [0, 0.1) is 0 Å². The van der Waals surface area contributed by atoms with Gasteiger partial charge in [-0.1, -0.05) is 11.6 Å². The molecule has 0 bridgehead atoms. The minimum absolute atomic E-state index is 0.255. The first kappa shape index (κ1) is 25.5. The Kier molecular flexibility index (Phi) is 8.30. The summed E-state index contributed by atoms with van der Waals surface area (Å²) in [7, 11) is 0. The first-order valence-corrected chi connectivity index (χ1v) is 11.6. The summed E-state index contributed by atoms with van der Waals surface area (Å²) in [5.74, 6) is 0. The van der Waals surface area contributed by atoms with Crippen LogP contribution in [0.5, 0.6) is 0 Å². The molecule has 0 aromatic carbocycles. The van der Waals surface area contributed by atoms with Crippen molar-refractivity contribution in [2.45, 2.75) is 63.2 Å². The van der Waals surface area contributed by atoms with E-state index in [1.807, 2.05) is 18.5 Å². The normalized spacial score (nSPS) is 21.7. The van der Waals surface area contributed by atoms with Crippen molar-refractivity contribution in [3.05, 3.63) is 38.8 Å². The predicted molar refractivity (Wildman–Crippen MR) is 118 cm³/mol. The fraction of sp³-hybridized carbons (Fsp3) is 0.667. The molecule has 2 aliphatic rings. The van der Waals surface area contributed by atoms with E-state index in [9.17, 15) is 24.1 Å². The summed E-state index contributed by atoms with van der Waals surface area (Å²) in [6.45, 7) is 4.52. The summed E-state index contributed by atoms with van der Waals surface area (Å²) in [5.41, 5.74) is 0.490. The summed E-state index contributed by atoms with van der Waals surface area (Å²) in [5, 5.41) is 34.5. The van der Waals surface area contributed by atoms with Crippen molar-refractivity contribution in [2.24, 2.45) is 0 Å².